The molecule has 0 saturated heterocycles. The van der Waals surface area contributed by atoms with Gasteiger partial charge < -0.3 is 4.74 Å². The van der Waals surface area contributed by atoms with Gasteiger partial charge in [0.15, 0.2) is 0 Å². The van der Waals surface area contributed by atoms with Crippen LogP contribution in [-0.4, -0.2) is 9.91 Å². The Morgan fingerprint density at radius 1 is 1.42 bits per heavy atom. The molecule has 0 aliphatic rings. The lowest BCUT2D eigenvalue weighted by Crippen LogP contribution is -1.96. The molecule has 0 radical (unpaired) electrons. The number of nitro benzene ring substituents is 1. The minimum absolute atomic E-state index is 0.0982. The van der Waals surface area contributed by atoms with Crippen molar-refractivity contribution in [3.63, 3.8) is 0 Å². The van der Waals surface area contributed by atoms with Crippen LogP contribution in [0.3, 0.4) is 0 Å². The van der Waals surface area contributed by atoms with E-state index in [4.69, 9.17) is 10.00 Å². The van der Waals surface area contributed by atoms with Gasteiger partial charge in [-0.3, -0.25) is 10.1 Å². The number of pyridine rings is 1. The molecule has 19 heavy (non-hydrogen) atoms. The summed E-state index contributed by atoms with van der Waals surface area (Å²) < 4.78 is 18.3. The Morgan fingerprint density at radius 3 is 2.89 bits per heavy atom. The second kappa shape index (κ2) is 5.10. The average Bonchev–Trinajstić information content (AvgIpc) is 2.39. The molecule has 1 heterocycles. The lowest BCUT2D eigenvalue weighted by atomic mass is 10.2. The van der Waals surface area contributed by atoms with Gasteiger partial charge in [0, 0.05) is 18.3 Å². The van der Waals surface area contributed by atoms with Crippen molar-refractivity contribution in [1.82, 2.24) is 4.98 Å². The summed E-state index contributed by atoms with van der Waals surface area (Å²) in [5, 5.41) is 19.6. The molecule has 0 aliphatic carbocycles. The SMILES string of the molecule is N#Cc1cccnc1Oc1cc(F)ccc1[N+](=O)[O-]. The van der Waals surface area contributed by atoms with Crippen LogP contribution in [0.1, 0.15) is 5.56 Å². The highest BCUT2D eigenvalue weighted by atomic mass is 19.1. The van der Waals surface area contributed by atoms with Gasteiger partial charge in [-0.25, -0.2) is 9.37 Å². The number of nitro groups is 1. The molecular formula is C12H6FN3O3. The lowest BCUT2D eigenvalue weighted by Gasteiger charge is -2.06. The van der Waals surface area contributed by atoms with Crippen LogP contribution >= 0.6 is 0 Å². The first-order chi connectivity index (χ1) is 9.11. The predicted octanol–water partition coefficient (Wildman–Crippen LogP) is 2.79. The molecule has 1 aromatic heterocycles. The van der Waals surface area contributed by atoms with E-state index in [2.05, 4.69) is 4.98 Å². The maximum atomic E-state index is 13.1. The summed E-state index contributed by atoms with van der Waals surface area (Å²) in [7, 11) is 0. The highest BCUT2D eigenvalue weighted by molar-refractivity contribution is 5.49. The van der Waals surface area contributed by atoms with E-state index in [1.165, 1.54) is 18.3 Å². The molecule has 0 aliphatic heterocycles. The Kier molecular flexibility index (Phi) is 3.34. The minimum Gasteiger partial charge on any atom is -0.430 e. The Bertz CT molecular complexity index is 682. The van der Waals surface area contributed by atoms with Crippen molar-refractivity contribution in [2.45, 2.75) is 0 Å². The zero-order valence-corrected chi connectivity index (χ0v) is 9.41. The van der Waals surface area contributed by atoms with Crippen molar-refractivity contribution >= 4 is 5.69 Å². The van der Waals surface area contributed by atoms with Gasteiger partial charge in [-0.1, -0.05) is 0 Å². The van der Waals surface area contributed by atoms with E-state index in [1.54, 1.807) is 0 Å². The van der Waals surface area contributed by atoms with Crippen molar-refractivity contribution in [2.75, 3.05) is 0 Å². The number of benzene rings is 1. The van der Waals surface area contributed by atoms with Crippen LogP contribution in [0.5, 0.6) is 11.6 Å². The average molecular weight is 259 g/mol. The van der Waals surface area contributed by atoms with Crippen molar-refractivity contribution in [2.24, 2.45) is 0 Å². The second-order valence-corrected chi connectivity index (χ2v) is 3.44. The van der Waals surface area contributed by atoms with Gasteiger partial charge in [0.05, 0.1) is 4.92 Å². The second-order valence-electron chi connectivity index (χ2n) is 3.44. The fraction of sp³-hybridized carbons (Fsp3) is 0. The predicted molar refractivity (Wildman–Crippen MR) is 62.1 cm³/mol. The van der Waals surface area contributed by atoms with Gasteiger partial charge in [0.25, 0.3) is 0 Å². The van der Waals surface area contributed by atoms with Crippen LogP contribution in [0, 0.1) is 27.3 Å². The van der Waals surface area contributed by atoms with E-state index in [0.29, 0.717) is 0 Å². The minimum atomic E-state index is -0.705. The topological polar surface area (TPSA) is 89.0 Å². The molecule has 0 unspecified atom stereocenters. The number of aromatic nitrogens is 1. The van der Waals surface area contributed by atoms with Crippen molar-refractivity contribution in [3.8, 4) is 17.7 Å². The van der Waals surface area contributed by atoms with Gasteiger partial charge in [-0.15, -0.1) is 0 Å². The lowest BCUT2D eigenvalue weighted by molar-refractivity contribution is -0.385. The third-order valence-corrected chi connectivity index (χ3v) is 2.22. The fourth-order valence-electron chi connectivity index (χ4n) is 1.38. The van der Waals surface area contributed by atoms with Crippen molar-refractivity contribution < 1.29 is 14.1 Å². The molecule has 0 bridgehead atoms. The molecule has 0 N–H and O–H groups in total. The van der Waals surface area contributed by atoms with E-state index in [1.807, 2.05) is 6.07 Å². The number of ether oxygens (including phenoxy) is 1. The third-order valence-electron chi connectivity index (χ3n) is 2.22. The summed E-state index contributed by atoms with van der Waals surface area (Å²) in [6, 6.07) is 7.59. The van der Waals surface area contributed by atoms with E-state index >= 15 is 0 Å². The van der Waals surface area contributed by atoms with Crippen LogP contribution in [0.2, 0.25) is 0 Å². The number of halogens is 1. The first kappa shape index (κ1) is 12.4. The van der Waals surface area contributed by atoms with Gasteiger partial charge in [0.1, 0.15) is 17.4 Å². The molecule has 0 amide bonds. The number of rotatable bonds is 3. The number of hydrogen-bond acceptors (Lipinski definition) is 5. The normalized spacial score (nSPS) is 9.68. The maximum absolute atomic E-state index is 13.1. The van der Waals surface area contributed by atoms with Gasteiger partial charge in [0.2, 0.25) is 11.6 Å². The van der Waals surface area contributed by atoms with Crippen LogP contribution < -0.4 is 4.74 Å². The number of nitrogens with zero attached hydrogens (tertiary/aromatic N) is 3. The van der Waals surface area contributed by atoms with Gasteiger partial charge >= 0.3 is 5.69 Å². The molecule has 2 rings (SSSR count). The first-order valence-electron chi connectivity index (χ1n) is 5.08. The van der Waals surface area contributed by atoms with E-state index in [0.717, 1.165) is 18.2 Å². The van der Waals surface area contributed by atoms with Crippen molar-refractivity contribution in [1.29, 1.82) is 5.26 Å². The van der Waals surface area contributed by atoms with Gasteiger partial charge in [-0.05, 0) is 18.2 Å². The van der Waals surface area contributed by atoms with Crippen molar-refractivity contribution in [3.05, 3.63) is 58.0 Å². The Morgan fingerprint density at radius 2 is 2.21 bits per heavy atom. The molecule has 0 spiro atoms. The monoisotopic (exact) mass is 259 g/mol. The molecule has 0 saturated carbocycles. The summed E-state index contributed by atoms with van der Waals surface area (Å²) in [5.41, 5.74) is -0.308. The fourth-order valence-corrected chi connectivity index (χ4v) is 1.38. The van der Waals surface area contributed by atoms with E-state index in [-0.39, 0.29) is 17.2 Å². The molecular weight excluding hydrogens is 253 g/mol. The zero-order valence-electron chi connectivity index (χ0n) is 9.41. The maximum Gasteiger partial charge on any atom is 0.311 e. The number of hydrogen-bond donors (Lipinski definition) is 0. The molecule has 94 valence electrons. The highest BCUT2D eigenvalue weighted by Gasteiger charge is 2.18. The quantitative estimate of drug-likeness (QED) is 0.624. The molecule has 6 nitrogen and oxygen atoms in total. The van der Waals surface area contributed by atoms with Crippen LogP contribution in [0.15, 0.2) is 36.5 Å². The Balaban J connectivity index is 2.46. The summed E-state index contributed by atoms with van der Waals surface area (Å²) in [6.45, 7) is 0. The van der Waals surface area contributed by atoms with E-state index < -0.39 is 16.4 Å². The smallest absolute Gasteiger partial charge is 0.311 e. The summed E-state index contributed by atoms with van der Waals surface area (Å²) in [5.74, 6) is -1.10. The molecule has 1 aromatic carbocycles. The zero-order chi connectivity index (χ0) is 13.8. The van der Waals surface area contributed by atoms with E-state index in [9.17, 15) is 14.5 Å². The summed E-state index contributed by atoms with van der Waals surface area (Å²) in [6.07, 6.45) is 1.36. The molecule has 0 atom stereocenters. The third kappa shape index (κ3) is 2.63. The van der Waals surface area contributed by atoms with Crippen LogP contribution in [0.4, 0.5) is 10.1 Å². The largest absolute Gasteiger partial charge is 0.430 e. The van der Waals surface area contributed by atoms with Gasteiger partial charge in [-0.2, -0.15) is 5.26 Å². The van der Waals surface area contributed by atoms with Crippen LogP contribution in [-0.2, 0) is 0 Å². The van der Waals surface area contributed by atoms with Crippen LogP contribution in [0.25, 0.3) is 0 Å². The summed E-state index contributed by atoms with van der Waals surface area (Å²) >= 11 is 0. The molecule has 7 heteroatoms. The molecule has 0 fully saturated rings. The Labute approximate surface area is 106 Å². The number of nitriles is 1. The molecule has 2 aromatic rings. The standard InChI is InChI=1S/C12H6FN3O3/c13-9-3-4-10(16(17)18)11(6-9)19-12-8(7-14)2-1-5-15-12/h1-6H. The Hall–Kier alpha value is -3.01. The first-order valence-corrected chi connectivity index (χ1v) is 5.08. The highest BCUT2D eigenvalue weighted by Crippen LogP contribution is 2.32. The summed E-state index contributed by atoms with van der Waals surface area (Å²) in [4.78, 5) is 13.9.